The Morgan fingerprint density at radius 2 is 2.00 bits per heavy atom. The van der Waals surface area contributed by atoms with E-state index in [0.717, 1.165) is 6.42 Å². The van der Waals surface area contributed by atoms with Gasteiger partial charge in [0.05, 0.1) is 17.5 Å². The first-order valence-corrected chi connectivity index (χ1v) is 7.19. The molecule has 2 rings (SSSR count). The van der Waals surface area contributed by atoms with Crippen LogP contribution in [-0.4, -0.2) is 37.0 Å². The van der Waals surface area contributed by atoms with Crippen molar-refractivity contribution in [2.24, 2.45) is 5.92 Å². The second kappa shape index (κ2) is 4.76. The third kappa shape index (κ3) is 2.22. The van der Waals surface area contributed by atoms with Crippen LogP contribution < -0.4 is 0 Å². The van der Waals surface area contributed by atoms with E-state index in [4.69, 9.17) is 0 Å². The molecule has 0 amide bonds. The lowest BCUT2D eigenvalue weighted by atomic mass is 10.0. The predicted octanol–water partition coefficient (Wildman–Crippen LogP) is 1.08. The number of hydrogen-bond acceptors (Lipinski definition) is 3. The molecule has 1 N–H and O–H groups in total. The molecule has 5 heteroatoms. The van der Waals surface area contributed by atoms with E-state index in [1.54, 1.807) is 30.3 Å². The van der Waals surface area contributed by atoms with Crippen LogP contribution in [0.2, 0.25) is 0 Å². The largest absolute Gasteiger partial charge is 0.395 e. The van der Waals surface area contributed by atoms with Crippen LogP contribution in [0, 0.1) is 5.92 Å². The van der Waals surface area contributed by atoms with Crippen molar-refractivity contribution in [2.75, 3.05) is 13.2 Å². The number of hydrogen-bond donors (Lipinski definition) is 1. The lowest BCUT2D eigenvalue weighted by molar-refractivity contribution is 0.191. The Kier molecular flexibility index (Phi) is 3.51. The molecule has 0 radical (unpaired) electrons. The zero-order valence-electron chi connectivity index (χ0n) is 9.78. The molecule has 1 aromatic carbocycles. The molecule has 2 atom stereocenters. The molecule has 17 heavy (non-hydrogen) atoms. The van der Waals surface area contributed by atoms with Crippen molar-refractivity contribution in [2.45, 2.75) is 24.3 Å². The maximum atomic E-state index is 12.4. The smallest absolute Gasteiger partial charge is 0.243 e. The molecule has 1 heterocycles. The maximum Gasteiger partial charge on any atom is 0.243 e. The van der Waals surface area contributed by atoms with Crippen LogP contribution in [0.5, 0.6) is 0 Å². The maximum absolute atomic E-state index is 12.4. The first-order valence-electron chi connectivity index (χ1n) is 5.75. The van der Waals surface area contributed by atoms with Crippen LogP contribution in [0.25, 0.3) is 0 Å². The minimum absolute atomic E-state index is 0.118. The van der Waals surface area contributed by atoms with E-state index in [9.17, 15) is 13.5 Å². The highest BCUT2D eigenvalue weighted by atomic mass is 32.2. The number of rotatable bonds is 3. The summed E-state index contributed by atoms with van der Waals surface area (Å²) in [6.45, 7) is 2.35. The van der Waals surface area contributed by atoms with Crippen LogP contribution in [0.1, 0.15) is 13.3 Å². The van der Waals surface area contributed by atoms with Crippen LogP contribution in [0.15, 0.2) is 35.2 Å². The second-order valence-corrected chi connectivity index (χ2v) is 6.34. The number of sulfonamides is 1. The van der Waals surface area contributed by atoms with Gasteiger partial charge in [-0.2, -0.15) is 4.31 Å². The SMILES string of the molecule is CC1CCN(S(=O)(=O)c2ccccc2)C1CO. The number of aliphatic hydroxyl groups excluding tert-OH is 1. The van der Waals surface area contributed by atoms with Crippen LogP contribution in [0.3, 0.4) is 0 Å². The molecule has 1 aromatic rings. The molecule has 4 nitrogen and oxygen atoms in total. The minimum Gasteiger partial charge on any atom is -0.395 e. The van der Waals surface area contributed by atoms with E-state index in [1.807, 2.05) is 6.92 Å². The summed E-state index contributed by atoms with van der Waals surface area (Å²) < 4.78 is 26.2. The zero-order chi connectivity index (χ0) is 12.5. The van der Waals surface area contributed by atoms with E-state index in [2.05, 4.69) is 0 Å². The highest BCUT2D eigenvalue weighted by molar-refractivity contribution is 7.89. The Balaban J connectivity index is 2.34. The third-order valence-corrected chi connectivity index (χ3v) is 5.31. The van der Waals surface area contributed by atoms with E-state index < -0.39 is 10.0 Å². The van der Waals surface area contributed by atoms with Crippen molar-refractivity contribution in [3.05, 3.63) is 30.3 Å². The van der Waals surface area contributed by atoms with Crippen molar-refractivity contribution in [3.63, 3.8) is 0 Å². The fourth-order valence-corrected chi connectivity index (χ4v) is 4.02. The molecule has 0 aliphatic carbocycles. The highest BCUT2D eigenvalue weighted by Crippen LogP contribution is 2.29. The Bertz CT molecular complexity index is 472. The van der Waals surface area contributed by atoms with Gasteiger partial charge >= 0.3 is 0 Å². The quantitative estimate of drug-likeness (QED) is 0.879. The van der Waals surface area contributed by atoms with Gasteiger partial charge in [-0.3, -0.25) is 0 Å². The van der Waals surface area contributed by atoms with E-state index >= 15 is 0 Å². The number of nitrogens with zero attached hydrogens (tertiary/aromatic N) is 1. The molecule has 0 spiro atoms. The molecule has 94 valence electrons. The first kappa shape index (κ1) is 12.5. The van der Waals surface area contributed by atoms with Crippen LogP contribution >= 0.6 is 0 Å². The molecular weight excluding hydrogens is 238 g/mol. The van der Waals surface area contributed by atoms with Crippen molar-refractivity contribution >= 4 is 10.0 Å². The first-order chi connectivity index (χ1) is 8.07. The minimum atomic E-state index is -3.46. The van der Waals surface area contributed by atoms with E-state index in [-0.39, 0.29) is 18.6 Å². The molecular formula is C12H17NO3S. The molecule has 0 saturated carbocycles. The average molecular weight is 255 g/mol. The van der Waals surface area contributed by atoms with Crippen molar-refractivity contribution in [1.29, 1.82) is 0 Å². The van der Waals surface area contributed by atoms with Gasteiger partial charge in [0, 0.05) is 6.54 Å². The Morgan fingerprint density at radius 3 is 2.59 bits per heavy atom. The monoisotopic (exact) mass is 255 g/mol. The van der Waals surface area contributed by atoms with Gasteiger partial charge in [0.25, 0.3) is 0 Å². The van der Waals surface area contributed by atoms with E-state index in [0.29, 0.717) is 11.4 Å². The second-order valence-electron chi connectivity index (χ2n) is 4.44. The Labute approximate surface area is 102 Å². The van der Waals surface area contributed by atoms with Gasteiger partial charge in [-0.25, -0.2) is 8.42 Å². The van der Waals surface area contributed by atoms with Gasteiger partial charge in [0.15, 0.2) is 0 Å². The molecule has 1 fully saturated rings. The fourth-order valence-electron chi connectivity index (χ4n) is 2.27. The summed E-state index contributed by atoms with van der Waals surface area (Å²) in [6.07, 6.45) is 0.803. The van der Waals surface area contributed by atoms with Gasteiger partial charge in [0.2, 0.25) is 10.0 Å². The highest BCUT2D eigenvalue weighted by Gasteiger charge is 2.38. The fraction of sp³-hybridized carbons (Fsp3) is 0.500. The lowest BCUT2D eigenvalue weighted by Crippen LogP contribution is -2.39. The summed E-state index contributed by atoms with van der Waals surface area (Å²) in [4.78, 5) is 0.299. The Morgan fingerprint density at radius 1 is 1.35 bits per heavy atom. The van der Waals surface area contributed by atoms with Crippen molar-refractivity contribution in [3.8, 4) is 0 Å². The molecule has 2 unspecified atom stereocenters. The van der Waals surface area contributed by atoms with Gasteiger partial charge in [-0.05, 0) is 24.5 Å². The topological polar surface area (TPSA) is 57.6 Å². The molecule has 1 aliphatic heterocycles. The van der Waals surface area contributed by atoms with Crippen molar-refractivity contribution < 1.29 is 13.5 Å². The normalized spacial score (nSPS) is 26.2. The predicted molar refractivity (Wildman–Crippen MR) is 65.0 cm³/mol. The summed E-state index contributed by atoms with van der Waals surface area (Å²) in [5.74, 6) is 0.207. The zero-order valence-corrected chi connectivity index (χ0v) is 10.6. The summed E-state index contributed by atoms with van der Waals surface area (Å²) in [5, 5.41) is 9.31. The summed E-state index contributed by atoms with van der Waals surface area (Å²) >= 11 is 0. The number of aliphatic hydroxyl groups is 1. The van der Waals surface area contributed by atoms with Gasteiger partial charge in [-0.1, -0.05) is 25.1 Å². The van der Waals surface area contributed by atoms with Crippen LogP contribution in [-0.2, 0) is 10.0 Å². The summed E-state index contributed by atoms with van der Waals surface area (Å²) in [6, 6.07) is 8.09. The van der Waals surface area contributed by atoms with Gasteiger partial charge in [-0.15, -0.1) is 0 Å². The lowest BCUT2D eigenvalue weighted by Gasteiger charge is -2.24. The standard InChI is InChI=1S/C12H17NO3S/c1-10-7-8-13(12(10)9-14)17(15,16)11-5-3-2-4-6-11/h2-6,10,12,14H,7-9H2,1H3. The molecule has 0 aromatic heterocycles. The van der Waals surface area contributed by atoms with Gasteiger partial charge < -0.3 is 5.11 Å². The Hall–Kier alpha value is -0.910. The van der Waals surface area contributed by atoms with Crippen LogP contribution in [0.4, 0.5) is 0 Å². The average Bonchev–Trinajstić information content (AvgIpc) is 2.72. The van der Waals surface area contributed by atoms with E-state index in [1.165, 1.54) is 4.31 Å². The van der Waals surface area contributed by atoms with Gasteiger partial charge in [0.1, 0.15) is 0 Å². The molecule has 1 saturated heterocycles. The number of benzene rings is 1. The van der Waals surface area contributed by atoms with Crippen molar-refractivity contribution in [1.82, 2.24) is 4.31 Å². The molecule has 1 aliphatic rings. The summed E-state index contributed by atoms with van der Waals surface area (Å²) in [5.41, 5.74) is 0. The third-order valence-electron chi connectivity index (χ3n) is 3.37. The molecule has 0 bridgehead atoms. The summed E-state index contributed by atoms with van der Waals surface area (Å²) in [7, 11) is -3.46.